The zero-order valence-electron chi connectivity index (χ0n) is 9.88. The van der Waals surface area contributed by atoms with E-state index in [9.17, 15) is 5.11 Å². The van der Waals surface area contributed by atoms with E-state index in [1.54, 1.807) is 0 Å². The summed E-state index contributed by atoms with van der Waals surface area (Å²) in [5.74, 6) is 0. The molecule has 1 atom stereocenters. The lowest BCUT2D eigenvalue weighted by Crippen LogP contribution is -2.23. The summed E-state index contributed by atoms with van der Waals surface area (Å²) in [7, 11) is 0. The topological polar surface area (TPSA) is 38.7 Å². The largest absolute Gasteiger partial charge is 0.391 e. The van der Waals surface area contributed by atoms with Crippen LogP contribution in [0.5, 0.6) is 0 Å². The van der Waals surface area contributed by atoms with Gasteiger partial charge in [0.1, 0.15) is 0 Å². The van der Waals surface area contributed by atoms with E-state index in [-0.39, 0.29) is 11.7 Å². The SMILES string of the molecule is CCCC(O)COCCOC(C)(C)C. The highest BCUT2D eigenvalue weighted by Crippen LogP contribution is 2.05. The fraction of sp³-hybridized carbons (Fsp3) is 1.00. The van der Waals surface area contributed by atoms with Gasteiger partial charge < -0.3 is 14.6 Å². The summed E-state index contributed by atoms with van der Waals surface area (Å²) < 4.78 is 10.7. The first-order chi connectivity index (χ1) is 6.45. The van der Waals surface area contributed by atoms with Crippen molar-refractivity contribution in [1.29, 1.82) is 0 Å². The van der Waals surface area contributed by atoms with Gasteiger partial charge in [-0.1, -0.05) is 13.3 Å². The second kappa shape index (κ2) is 7.21. The van der Waals surface area contributed by atoms with Gasteiger partial charge >= 0.3 is 0 Å². The van der Waals surface area contributed by atoms with E-state index < -0.39 is 0 Å². The summed E-state index contributed by atoms with van der Waals surface area (Å²) in [5, 5.41) is 9.34. The van der Waals surface area contributed by atoms with Gasteiger partial charge in [0.25, 0.3) is 0 Å². The standard InChI is InChI=1S/C11H24O3/c1-5-6-10(12)9-13-7-8-14-11(2,3)4/h10,12H,5-9H2,1-4H3. The molecular weight excluding hydrogens is 180 g/mol. The maximum absolute atomic E-state index is 9.34. The Hall–Kier alpha value is -0.120. The van der Waals surface area contributed by atoms with Gasteiger partial charge in [-0.05, 0) is 27.2 Å². The van der Waals surface area contributed by atoms with Crippen LogP contribution in [0.4, 0.5) is 0 Å². The van der Waals surface area contributed by atoms with Crippen LogP contribution in [0.2, 0.25) is 0 Å². The van der Waals surface area contributed by atoms with Crippen LogP contribution in [-0.2, 0) is 9.47 Å². The van der Waals surface area contributed by atoms with Gasteiger partial charge in [-0.2, -0.15) is 0 Å². The Labute approximate surface area is 87.4 Å². The predicted octanol–water partition coefficient (Wildman–Crippen LogP) is 1.98. The summed E-state index contributed by atoms with van der Waals surface area (Å²) in [5.41, 5.74) is -0.106. The van der Waals surface area contributed by atoms with Gasteiger partial charge in [0.2, 0.25) is 0 Å². The Balaban J connectivity index is 3.21. The molecule has 3 heteroatoms. The molecule has 0 saturated heterocycles. The molecule has 0 rings (SSSR count). The molecule has 1 unspecified atom stereocenters. The lowest BCUT2D eigenvalue weighted by Gasteiger charge is -2.19. The summed E-state index contributed by atoms with van der Waals surface area (Å²) in [6.45, 7) is 9.64. The van der Waals surface area contributed by atoms with Gasteiger partial charge in [0, 0.05) is 0 Å². The highest BCUT2D eigenvalue weighted by atomic mass is 16.5. The molecule has 0 aromatic carbocycles. The van der Waals surface area contributed by atoms with Crippen molar-refractivity contribution in [2.75, 3.05) is 19.8 Å². The van der Waals surface area contributed by atoms with Gasteiger partial charge in [0.05, 0.1) is 31.5 Å². The van der Waals surface area contributed by atoms with E-state index in [1.807, 2.05) is 27.7 Å². The first kappa shape index (κ1) is 13.9. The van der Waals surface area contributed by atoms with Crippen molar-refractivity contribution in [3.63, 3.8) is 0 Å². The van der Waals surface area contributed by atoms with Crippen molar-refractivity contribution >= 4 is 0 Å². The van der Waals surface area contributed by atoms with E-state index in [4.69, 9.17) is 9.47 Å². The smallest absolute Gasteiger partial charge is 0.0773 e. The summed E-state index contributed by atoms with van der Waals surface area (Å²) in [6, 6.07) is 0. The van der Waals surface area contributed by atoms with Crippen molar-refractivity contribution in [2.45, 2.75) is 52.2 Å². The second-order valence-electron chi connectivity index (χ2n) is 4.48. The Morgan fingerprint density at radius 3 is 2.36 bits per heavy atom. The molecule has 0 heterocycles. The third kappa shape index (κ3) is 9.96. The molecular formula is C11H24O3. The van der Waals surface area contributed by atoms with Crippen LogP contribution in [0, 0.1) is 0 Å². The third-order valence-corrected chi connectivity index (χ3v) is 1.69. The Morgan fingerprint density at radius 2 is 1.86 bits per heavy atom. The number of ether oxygens (including phenoxy) is 2. The van der Waals surface area contributed by atoms with E-state index >= 15 is 0 Å². The van der Waals surface area contributed by atoms with E-state index in [2.05, 4.69) is 0 Å². The predicted molar refractivity (Wildman–Crippen MR) is 57.4 cm³/mol. The molecule has 0 radical (unpaired) electrons. The number of rotatable bonds is 7. The maximum Gasteiger partial charge on any atom is 0.0773 e. The molecule has 0 aromatic rings. The van der Waals surface area contributed by atoms with Crippen molar-refractivity contribution in [1.82, 2.24) is 0 Å². The Kier molecular flexibility index (Phi) is 7.15. The molecule has 1 N–H and O–H groups in total. The van der Waals surface area contributed by atoms with E-state index in [1.165, 1.54) is 0 Å². The molecule has 0 amide bonds. The molecule has 86 valence electrons. The van der Waals surface area contributed by atoms with Crippen LogP contribution in [0.1, 0.15) is 40.5 Å². The molecule has 0 bridgehead atoms. The molecule has 0 fully saturated rings. The minimum Gasteiger partial charge on any atom is -0.391 e. The molecule has 14 heavy (non-hydrogen) atoms. The number of hydrogen-bond donors (Lipinski definition) is 1. The summed E-state index contributed by atoms with van der Waals surface area (Å²) in [4.78, 5) is 0. The average molecular weight is 204 g/mol. The lowest BCUT2D eigenvalue weighted by molar-refractivity contribution is -0.0480. The second-order valence-corrected chi connectivity index (χ2v) is 4.48. The molecule has 3 nitrogen and oxygen atoms in total. The fourth-order valence-electron chi connectivity index (χ4n) is 1.04. The Morgan fingerprint density at radius 1 is 1.21 bits per heavy atom. The summed E-state index contributed by atoms with van der Waals surface area (Å²) >= 11 is 0. The fourth-order valence-corrected chi connectivity index (χ4v) is 1.04. The van der Waals surface area contributed by atoms with Gasteiger partial charge in [-0.15, -0.1) is 0 Å². The Bertz CT molecular complexity index is 129. The number of aliphatic hydroxyl groups excluding tert-OH is 1. The van der Waals surface area contributed by atoms with E-state index in [0.29, 0.717) is 19.8 Å². The third-order valence-electron chi connectivity index (χ3n) is 1.69. The number of hydrogen-bond acceptors (Lipinski definition) is 3. The molecule has 0 aromatic heterocycles. The maximum atomic E-state index is 9.34. The minimum absolute atomic E-state index is 0.106. The zero-order chi connectivity index (χ0) is 11.0. The van der Waals surface area contributed by atoms with E-state index in [0.717, 1.165) is 12.8 Å². The van der Waals surface area contributed by atoms with Crippen molar-refractivity contribution in [3.05, 3.63) is 0 Å². The monoisotopic (exact) mass is 204 g/mol. The quantitative estimate of drug-likeness (QED) is 0.644. The van der Waals surface area contributed by atoms with Crippen molar-refractivity contribution in [3.8, 4) is 0 Å². The van der Waals surface area contributed by atoms with Gasteiger partial charge in [-0.3, -0.25) is 0 Å². The first-order valence-electron chi connectivity index (χ1n) is 5.35. The van der Waals surface area contributed by atoms with Crippen LogP contribution in [0.3, 0.4) is 0 Å². The zero-order valence-corrected chi connectivity index (χ0v) is 9.88. The molecule has 0 aliphatic heterocycles. The lowest BCUT2D eigenvalue weighted by atomic mass is 10.2. The average Bonchev–Trinajstić information content (AvgIpc) is 2.02. The van der Waals surface area contributed by atoms with Crippen LogP contribution >= 0.6 is 0 Å². The minimum atomic E-state index is -0.324. The van der Waals surface area contributed by atoms with Crippen molar-refractivity contribution < 1.29 is 14.6 Å². The molecule has 0 spiro atoms. The number of aliphatic hydroxyl groups is 1. The van der Waals surface area contributed by atoms with Crippen LogP contribution in [-0.4, -0.2) is 36.6 Å². The summed E-state index contributed by atoms with van der Waals surface area (Å²) in [6.07, 6.45) is 1.47. The van der Waals surface area contributed by atoms with Crippen LogP contribution in [0.25, 0.3) is 0 Å². The van der Waals surface area contributed by atoms with Gasteiger partial charge in [-0.25, -0.2) is 0 Å². The molecule has 0 aliphatic carbocycles. The van der Waals surface area contributed by atoms with Gasteiger partial charge in [0.15, 0.2) is 0 Å². The first-order valence-corrected chi connectivity index (χ1v) is 5.35. The highest BCUT2D eigenvalue weighted by Gasteiger charge is 2.09. The van der Waals surface area contributed by atoms with Crippen LogP contribution < -0.4 is 0 Å². The molecule has 0 aliphatic rings. The molecule has 0 saturated carbocycles. The van der Waals surface area contributed by atoms with Crippen molar-refractivity contribution in [2.24, 2.45) is 0 Å². The van der Waals surface area contributed by atoms with Crippen LogP contribution in [0.15, 0.2) is 0 Å². The normalized spacial score (nSPS) is 14.4. The highest BCUT2D eigenvalue weighted by molar-refractivity contribution is 4.58.